The first-order valence-electron chi connectivity index (χ1n) is 10.00. The van der Waals surface area contributed by atoms with Gasteiger partial charge in [-0.2, -0.15) is 10.4 Å². The van der Waals surface area contributed by atoms with E-state index in [0.29, 0.717) is 17.0 Å². The molecule has 8 nitrogen and oxygen atoms in total. The van der Waals surface area contributed by atoms with Crippen LogP contribution in [0.5, 0.6) is 0 Å². The van der Waals surface area contributed by atoms with Gasteiger partial charge >= 0.3 is 0 Å². The van der Waals surface area contributed by atoms with Gasteiger partial charge < -0.3 is 14.7 Å². The molecular formula is C22H20N6O2. The van der Waals surface area contributed by atoms with Crippen LogP contribution < -0.4 is 10.9 Å². The molecule has 1 aliphatic carbocycles. The van der Waals surface area contributed by atoms with Gasteiger partial charge in [-0.05, 0) is 43.2 Å². The predicted octanol–water partition coefficient (Wildman–Crippen LogP) is 4.38. The quantitative estimate of drug-likeness (QED) is 0.526. The van der Waals surface area contributed by atoms with Crippen LogP contribution in [0, 0.1) is 17.2 Å². The fourth-order valence-corrected chi connectivity index (χ4v) is 4.21. The molecule has 0 radical (unpaired) electrons. The lowest BCUT2D eigenvalue weighted by Gasteiger charge is -2.27. The summed E-state index contributed by atoms with van der Waals surface area (Å²) in [6.45, 7) is 0. The van der Waals surface area contributed by atoms with Crippen molar-refractivity contribution in [1.29, 1.82) is 5.26 Å². The summed E-state index contributed by atoms with van der Waals surface area (Å²) in [7, 11) is 0. The van der Waals surface area contributed by atoms with Crippen molar-refractivity contribution in [1.82, 2.24) is 19.7 Å². The minimum atomic E-state index is -0.205. The van der Waals surface area contributed by atoms with Crippen molar-refractivity contribution in [3.05, 3.63) is 59.5 Å². The third kappa shape index (κ3) is 3.14. The summed E-state index contributed by atoms with van der Waals surface area (Å²) in [5.41, 5.74) is 2.24. The van der Waals surface area contributed by atoms with Crippen LogP contribution in [0.1, 0.15) is 31.7 Å². The van der Waals surface area contributed by atoms with E-state index in [1.807, 2.05) is 35.0 Å². The van der Waals surface area contributed by atoms with Crippen LogP contribution in [-0.4, -0.2) is 19.7 Å². The molecule has 0 saturated heterocycles. The van der Waals surface area contributed by atoms with Gasteiger partial charge in [0.25, 0.3) is 5.56 Å². The van der Waals surface area contributed by atoms with Gasteiger partial charge in [-0.3, -0.25) is 9.48 Å². The Morgan fingerprint density at radius 2 is 2.03 bits per heavy atom. The number of nitrogens with one attached hydrogen (secondary N) is 2. The molecule has 0 amide bonds. The number of benzene rings is 1. The van der Waals surface area contributed by atoms with E-state index in [0.717, 1.165) is 42.5 Å². The molecule has 4 aromatic rings. The number of hydrogen-bond acceptors (Lipinski definition) is 6. The molecule has 0 unspecified atom stereocenters. The van der Waals surface area contributed by atoms with Gasteiger partial charge in [0.2, 0.25) is 0 Å². The van der Waals surface area contributed by atoms with Crippen molar-refractivity contribution in [3.8, 4) is 17.4 Å². The number of anilines is 2. The molecule has 150 valence electrons. The Bertz CT molecular complexity index is 1260. The Kier molecular flexibility index (Phi) is 4.56. The van der Waals surface area contributed by atoms with E-state index in [1.54, 1.807) is 12.4 Å². The number of aromatic amines is 1. The summed E-state index contributed by atoms with van der Waals surface area (Å²) in [4.78, 5) is 19.3. The smallest absolute Gasteiger partial charge is 0.261 e. The second-order valence-electron chi connectivity index (χ2n) is 7.52. The number of nitriles is 1. The number of H-pyrrole nitrogens is 1. The van der Waals surface area contributed by atoms with E-state index in [1.165, 1.54) is 6.39 Å². The fraction of sp³-hybridized carbons (Fsp3) is 0.273. The van der Waals surface area contributed by atoms with Gasteiger partial charge in [0.1, 0.15) is 5.39 Å². The minimum Gasteiger partial charge on any atom is -0.444 e. The van der Waals surface area contributed by atoms with Crippen molar-refractivity contribution in [2.75, 3.05) is 5.32 Å². The molecule has 3 heterocycles. The number of fused-ring (bicyclic) bond motifs is 1. The highest BCUT2D eigenvalue weighted by molar-refractivity contribution is 5.91. The van der Waals surface area contributed by atoms with Gasteiger partial charge in [-0.25, -0.2) is 4.98 Å². The van der Waals surface area contributed by atoms with Crippen LogP contribution in [0.15, 0.2) is 58.3 Å². The second-order valence-corrected chi connectivity index (χ2v) is 7.52. The highest BCUT2D eigenvalue weighted by Gasteiger charge is 2.29. The van der Waals surface area contributed by atoms with Crippen LogP contribution in [-0.2, 0) is 0 Å². The van der Waals surface area contributed by atoms with E-state index in [-0.39, 0.29) is 17.5 Å². The number of pyridine rings is 1. The lowest BCUT2D eigenvalue weighted by molar-refractivity contribution is 0.277. The van der Waals surface area contributed by atoms with E-state index >= 15 is 0 Å². The lowest BCUT2D eigenvalue weighted by atomic mass is 9.85. The first-order valence-corrected chi connectivity index (χ1v) is 10.00. The van der Waals surface area contributed by atoms with Crippen molar-refractivity contribution in [2.24, 2.45) is 5.92 Å². The van der Waals surface area contributed by atoms with E-state index in [4.69, 9.17) is 9.52 Å². The van der Waals surface area contributed by atoms with Crippen LogP contribution in [0.2, 0.25) is 0 Å². The average molecular weight is 400 g/mol. The zero-order chi connectivity index (χ0) is 20.5. The Morgan fingerprint density at radius 1 is 1.20 bits per heavy atom. The molecule has 2 atom stereocenters. The van der Waals surface area contributed by atoms with Gasteiger partial charge in [0.05, 0.1) is 29.7 Å². The van der Waals surface area contributed by atoms with Crippen LogP contribution in [0.25, 0.3) is 22.2 Å². The lowest BCUT2D eigenvalue weighted by Crippen LogP contribution is -2.23. The fourth-order valence-electron chi connectivity index (χ4n) is 4.21. The number of aromatic nitrogens is 4. The molecule has 0 spiro atoms. The zero-order valence-corrected chi connectivity index (χ0v) is 16.2. The second kappa shape index (κ2) is 7.52. The predicted molar refractivity (Wildman–Crippen MR) is 112 cm³/mol. The molecular weight excluding hydrogens is 380 g/mol. The molecule has 8 heteroatoms. The van der Waals surface area contributed by atoms with Gasteiger partial charge in [-0.15, -0.1) is 0 Å². The van der Waals surface area contributed by atoms with Crippen molar-refractivity contribution in [3.63, 3.8) is 0 Å². The molecule has 1 aromatic carbocycles. The Labute approximate surface area is 172 Å². The zero-order valence-electron chi connectivity index (χ0n) is 16.2. The Morgan fingerprint density at radius 3 is 2.80 bits per heavy atom. The first-order chi connectivity index (χ1) is 14.7. The summed E-state index contributed by atoms with van der Waals surface area (Å²) < 4.78 is 7.19. The number of hydrogen-bond donors (Lipinski definition) is 2. The third-order valence-electron chi connectivity index (χ3n) is 5.70. The third-order valence-corrected chi connectivity index (χ3v) is 5.70. The molecule has 3 aromatic heterocycles. The van der Waals surface area contributed by atoms with Gasteiger partial charge in [0.15, 0.2) is 18.0 Å². The molecule has 30 heavy (non-hydrogen) atoms. The summed E-state index contributed by atoms with van der Waals surface area (Å²) in [5, 5.41) is 18.1. The SMILES string of the molecule is N#C[C@H]1CCCC[C@@H]1n1nc(Nc2ccc(-c3cnco3)cc2)c2c(=O)[nH]ccc21. The van der Waals surface area contributed by atoms with Crippen LogP contribution in [0.3, 0.4) is 0 Å². The highest BCUT2D eigenvalue weighted by atomic mass is 16.3. The molecule has 0 bridgehead atoms. The van der Waals surface area contributed by atoms with Crippen molar-refractivity contribution >= 4 is 22.4 Å². The normalized spacial score (nSPS) is 18.9. The van der Waals surface area contributed by atoms with Crippen molar-refractivity contribution < 1.29 is 4.42 Å². The summed E-state index contributed by atoms with van der Waals surface area (Å²) in [6, 6.07) is 11.9. The minimum absolute atomic E-state index is 0.0302. The molecule has 1 aliphatic rings. The van der Waals surface area contributed by atoms with Crippen LogP contribution >= 0.6 is 0 Å². The topological polar surface area (TPSA) is 113 Å². The molecule has 2 N–H and O–H groups in total. The summed E-state index contributed by atoms with van der Waals surface area (Å²) >= 11 is 0. The molecule has 5 rings (SSSR count). The summed E-state index contributed by atoms with van der Waals surface area (Å²) in [5.74, 6) is 1.07. The van der Waals surface area contributed by atoms with E-state index in [9.17, 15) is 10.1 Å². The molecule has 0 aliphatic heterocycles. The Balaban J connectivity index is 1.53. The Hall–Kier alpha value is -3.86. The van der Waals surface area contributed by atoms with E-state index < -0.39 is 0 Å². The van der Waals surface area contributed by atoms with Crippen molar-refractivity contribution in [2.45, 2.75) is 31.7 Å². The molecule has 1 fully saturated rings. The van der Waals surface area contributed by atoms with E-state index in [2.05, 4.69) is 21.4 Å². The first kappa shape index (κ1) is 18.2. The van der Waals surface area contributed by atoms with Gasteiger partial charge in [0, 0.05) is 17.4 Å². The summed E-state index contributed by atoms with van der Waals surface area (Å²) in [6.07, 6.45) is 8.53. The largest absolute Gasteiger partial charge is 0.444 e. The maximum Gasteiger partial charge on any atom is 0.261 e. The molecule has 1 saturated carbocycles. The number of rotatable bonds is 4. The standard InChI is InChI=1S/C22H20N6O2/c23-11-15-3-1-2-4-17(15)28-18-9-10-25-22(29)20(18)21(27-28)26-16-7-5-14(6-8-16)19-12-24-13-30-19/h5-10,12-13,15,17H,1-4H2,(H,25,29)(H,26,27)/t15-,17+/m1/s1. The monoisotopic (exact) mass is 400 g/mol. The highest BCUT2D eigenvalue weighted by Crippen LogP contribution is 2.36. The maximum absolute atomic E-state index is 12.6. The number of oxazole rings is 1. The van der Waals surface area contributed by atoms with Crippen LogP contribution in [0.4, 0.5) is 11.5 Å². The maximum atomic E-state index is 12.6. The average Bonchev–Trinajstić information content (AvgIpc) is 3.44. The number of nitrogens with zero attached hydrogens (tertiary/aromatic N) is 4. The van der Waals surface area contributed by atoms with Gasteiger partial charge in [-0.1, -0.05) is 12.8 Å².